The maximum absolute atomic E-state index is 8.47. The van der Waals surface area contributed by atoms with E-state index in [1.807, 2.05) is 0 Å². The molecule has 1 aliphatic rings. The first kappa shape index (κ1) is 10.4. The second kappa shape index (κ2) is 6.75. The molecule has 0 spiro atoms. The van der Waals surface area contributed by atoms with Crippen molar-refractivity contribution in [3.8, 4) is 0 Å². The molecule has 0 atom stereocenters. The van der Waals surface area contributed by atoms with Crippen molar-refractivity contribution in [2.75, 3.05) is 18.8 Å². The van der Waals surface area contributed by atoms with Crippen LogP contribution >= 0.6 is 12.0 Å². The third-order valence-electron chi connectivity index (χ3n) is 2.50. The fourth-order valence-corrected chi connectivity index (χ4v) is 2.06. The van der Waals surface area contributed by atoms with E-state index in [1.54, 1.807) is 0 Å². The molecule has 0 saturated heterocycles. The second-order valence-electron chi connectivity index (χ2n) is 3.54. The van der Waals surface area contributed by atoms with Crippen molar-refractivity contribution >= 4 is 12.0 Å². The largest absolute Gasteiger partial charge is 0.330 e. The van der Waals surface area contributed by atoms with Crippen LogP contribution in [0.4, 0.5) is 0 Å². The van der Waals surface area contributed by atoms with Gasteiger partial charge in [0.1, 0.15) is 0 Å². The molecule has 2 nitrogen and oxygen atoms in total. The van der Waals surface area contributed by atoms with Gasteiger partial charge in [-0.3, -0.25) is 0 Å². The molecule has 0 aliphatic heterocycles. The Hall–Kier alpha value is 0.270. The SMILES string of the molecule is OSCCCNCC1CCCC1. The van der Waals surface area contributed by atoms with Gasteiger partial charge in [0.05, 0.1) is 0 Å². The second-order valence-corrected chi connectivity index (χ2v) is 4.21. The molecule has 12 heavy (non-hydrogen) atoms. The van der Waals surface area contributed by atoms with Crippen molar-refractivity contribution < 1.29 is 4.55 Å². The summed E-state index contributed by atoms with van der Waals surface area (Å²) in [6, 6.07) is 0. The van der Waals surface area contributed by atoms with Crippen LogP contribution in [-0.2, 0) is 0 Å². The zero-order valence-electron chi connectivity index (χ0n) is 7.59. The summed E-state index contributed by atoms with van der Waals surface area (Å²) < 4.78 is 8.47. The summed E-state index contributed by atoms with van der Waals surface area (Å²) in [7, 11) is 0. The van der Waals surface area contributed by atoms with Gasteiger partial charge in [0.2, 0.25) is 0 Å². The molecule has 0 aromatic rings. The van der Waals surface area contributed by atoms with Crippen LogP contribution < -0.4 is 5.32 Å². The number of nitrogens with one attached hydrogen (secondary N) is 1. The Morgan fingerprint density at radius 2 is 2.08 bits per heavy atom. The lowest BCUT2D eigenvalue weighted by Crippen LogP contribution is -2.22. The van der Waals surface area contributed by atoms with Crippen LogP contribution in [0.1, 0.15) is 32.1 Å². The quantitative estimate of drug-likeness (QED) is 0.497. The van der Waals surface area contributed by atoms with Crippen LogP contribution in [0.2, 0.25) is 0 Å². The van der Waals surface area contributed by atoms with Gasteiger partial charge in [-0.25, -0.2) is 0 Å². The van der Waals surface area contributed by atoms with Crippen LogP contribution in [0.3, 0.4) is 0 Å². The summed E-state index contributed by atoms with van der Waals surface area (Å²) in [6.07, 6.45) is 6.77. The third kappa shape index (κ3) is 4.33. The molecular weight excluding hydrogens is 170 g/mol. The molecular formula is C9H19NOS. The van der Waals surface area contributed by atoms with E-state index >= 15 is 0 Å². The van der Waals surface area contributed by atoms with Gasteiger partial charge in [0, 0.05) is 5.75 Å². The standard InChI is InChI=1S/C9H19NOS/c11-12-7-3-6-10-8-9-4-1-2-5-9/h9-11H,1-8H2. The van der Waals surface area contributed by atoms with Crippen LogP contribution in [0.25, 0.3) is 0 Å². The molecule has 2 N–H and O–H groups in total. The zero-order valence-corrected chi connectivity index (χ0v) is 8.41. The fourth-order valence-electron chi connectivity index (χ4n) is 1.78. The molecule has 1 fully saturated rings. The predicted molar refractivity (Wildman–Crippen MR) is 54.5 cm³/mol. The molecule has 0 radical (unpaired) electrons. The lowest BCUT2D eigenvalue weighted by Gasteiger charge is -2.09. The monoisotopic (exact) mass is 189 g/mol. The minimum atomic E-state index is 0.859. The highest BCUT2D eigenvalue weighted by atomic mass is 32.2. The van der Waals surface area contributed by atoms with Gasteiger partial charge in [-0.1, -0.05) is 12.8 Å². The third-order valence-corrected chi connectivity index (χ3v) is 2.97. The number of hydrogen-bond donors (Lipinski definition) is 2. The van der Waals surface area contributed by atoms with Crippen LogP contribution in [0.5, 0.6) is 0 Å². The molecule has 72 valence electrons. The molecule has 0 aromatic heterocycles. The molecule has 1 rings (SSSR count). The average molecular weight is 189 g/mol. The molecule has 0 unspecified atom stereocenters. The first-order valence-electron chi connectivity index (χ1n) is 4.90. The van der Waals surface area contributed by atoms with E-state index in [-0.39, 0.29) is 0 Å². The topological polar surface area (TPSA) is 32.3 Å². The number of hydrogen-bond acceptors (Lipinski definition) is 3. The summed E-state index contributed by atoms with van der Waals surface area (Å²) in [5.41, 5.74) is 0. The van der Waals surface area contributed by atoms with E-state index in [9.17, 15) is 0 Å². The molecule has 0 heterocycles. The van der Waals surface area contributed by atoms with Crippen molar-refractivity contribution in [2.24, 2.45) is 5.92 Å². The maximum atomic E-state index is 8.47. The van der Waals surface area contributed by atoms with Gasteiger partial charge in [-0.05, 0) is 50.3 Å². The minimum Gasteiger partial charge on any atom is -0.330 e. The van der Waals surface area contributed by atoms with Gasteiger partial charge >= 0.3 is 0 Å². The Balaban J connectivity index is 1.81. The molecule has 1 saturated carbocycles. The van der Waals surface area contributed by atoms with Crippen molar-refractivity contribution in [1.29, 1.82) is 0 Å². The molecule has 0 bridgehead atoms. The van der Waals surface area contributed by atoms with Crippen molar-refractivity contribution in [3.05, 3.63) is 0 Å². The smallest absolute Gasteiger partial charge is 0.0207 e. The van der Waals surface area contributed by atoms with Crippen molar-refractivity contribution in [1.82, 2.24) is 5.32 Å². The predicted octanol–water partition coefficient (Wildman–Crippen LogP) is 2.36. The van der Waals surface area contributed by atoms with E-state index in [1.165, 1.54) is 32.2 Å². The van der Waals surface area contributed by atoms with Gasteiger partial charge in [-0.15, -0.1) is 0 Å². The summed E-state index contributed by atoms with van der Waals surface area (Å²) >= 11 is 0.944. The highest BCUT2D eigenvalue weighted by Crippen LogP contribution is 2.23. The normalized spacial score (nSPS) is 18.8. The summed E-state index contributed by atoms with van der Waals surface area (Å²) in [4.78, 5) is 0. The number of rotatable bonds is 6. The minimum absolute atomic E-state index is 0.859. The molecule has 0 amide bonds. The van der Waals surface area contributed by atoms with Crippen molar-refractivity contribution in [3.63, 3.8) is 0 Å². The summed E-state index contributed by atoms with van der Waals surface area (Å²) in [6.45, 7) is 2.25. The molecule has 3 heteroatoms. The lowest BCUT2D eigenvalue weighted by molar-refractivity contribution is 0.490. The van der Waals surface area contributed by atoms with Gasteiger partial charge in [0.25, 0.3) is 0 Å². The van der Waals surface area contributed by atoms with Crippen LogP contribution in [0.15, 0.2) is 0 Å². The Bertz CT molecular complexity index is 105. The van der Waals surface area contributed by atoms with E-state index in [2.05, 4.69) is 5.32 Å². The van der Waals surface area contributed by atoms with E-state index in [4.69, 9.17) is 4.55 Å². The van der Waals surface area contributed by atoms with Crippen molar-refractivity contribution in [2.45, 2.75) is 32.1 Å². The highest BCUT2D eigenvalue weighted by Gasteiger charge is 2.13. The van der Waals surface area contributed by atoms with Gasteiger partial charge in [-0.2, -0.15) is 0 Å². The fraction of sp³-hybridized carbons (Fsp3) is 1.00. The first-order chi connectivity index (χ1) is 5.93. The highest BCUT2D eigenvalue weighted by molar-refractivity contribution is 7.93. The van der Waals surface area contributed by atoms with Crippen LogP contribution in [-0.4, -0.2) is 23.4 Å². The summed E-state index contributed by atoms with van der Waals surface area (Å²) in [5.74, 6) is 1.80. The molecule has 0 aromatic carbocycles. The Labute approximate surface area is 79.3 Å². The average Bonchev–Trinajstić information content (AvgIpc) is 2.57. The van der Waals surface area contributed by atoms with Gasteiger partial charge in [0.15, 0.2) is 0 Å². The molecule has 1 aliphatic carbocycles. The lowest BCUT2D eigenvalue weighted by atomic mass is 10.1. The van der Waals surface area contributed by atoms with Gasteiger partial charge < -0.3 is 9.87 Å². The Morgan fingerprint density at radius 3 is 2.75 bits per heavy atom. The maximum Gasteiger partial charge on any atom is 0.0207 e. The Morgan fingerprint density at radius 1 is 1.33 bits per heavy atom. The van der Waals surface area contributed by atoms with E-state index in [0.29, 0.717) is 0 Å². The zero-order chi connectivity index (χ0) is 8.65. The van der Waals surface area contributed by atoms with Crippen LogP contribution in [0, 0.1) is 5.92 Å². The first-order valence-corrected chi connectivity index (χ1v) is 5.85. The summed E-state index contributed by atoms with van der Waals surface area (Å²) in [5, 5.41) is 3.44. The van der Waals surface area contributed by atoms with E-state index < -0.39 is 0 Å². The Kier molecular flexibility index (Phi) is 5.82. The van der Waals surface area contributed by atoms with E-state index in [0.717, 1.165) is 36.7 Å².